The molecule has 0 saturated carbocycles. The number of aryl methyl sites for hydroxylation is 1. The van der Waals surface area contributed by atoms with Crippen LogP contribution in [0, 0.1) is 6.92 Å². The van der Waals surface area contributed by atoms with Gasteiger partial charge >= 0.3 is 0 Å². The Morgan fingerprint density at radius 1 is 1.15 bits per heavy atom. The summed E-state index contributed by atoms with van der Waals surface area (Å²) in [6.45, 7) is 4.80. The van der Waals surface area contributed by atoms with Crippen LogP contribution in [0.4, 0.5) is 0 Å². The van der Waals surface area contributed by atoms with Crippen LogP contribution in [0.25, 0.3) is 11.3 Å². The van der Waals surface area contributed by atoms with Crippen molar-refractivity contribution in [3.63, 3.8) is 0 Å². The van der Waals surface area contributed by atoms with Gasteiger partial charge < -0.3 is 9.84 Å². The second-order valence-corrected chi connectivity index (χ2v) is 4.80. The van der Waals surface area contributed by atoms with Crippen LogP contribution in [-0.2, 0) is 6.61 Å². The number of ether oxygens (including phenoxy) is 1. The lowest BCUT2D eigenvalue weighted by molar-refractivity contribution is 0.280. The molecule has 1 N–H and O–H groups in total. The van der Waals surface area contributed by atoms with Crippen molar-refractivity contribution in [2.24, 2.45) is 0 Å². The number of benzene rings is 1. The van der Waals surface area contributed by atoms with Crippen LogP contribution in [0.15, 0.2) is 36.4 Å². The Kier molecular flexibility index (Phi) is 5.13. The lowest BCUT2D eigenvalue weighted by Gasteiger charge is -2.12. The molecule has 0 atom stereocenters. The average Bonchev–Trinajstić information content (AvgIpc) is 2.48. The Morgan fingerprint density at radius 2 is 1.95 bits per heavy atom. The van der Waals surface area contributed by atoms with Crippen molar-refractivity contribution < 1.29 is 9.84 Å². The summed E-state index contributed by atoms with van der Waals surface area (Å²) in [6, 6.07) is 11.8. The number of aromatic nitrogens is 1. The van der Waals surface area contributed by atoms with Crippen LogP contribution in [0.1, 0.15) is 31.0 Å². The summed E-state index contributed by atoms with van der Waals surface area (Å²) in [5.41, 5.74) is 3.59. The molecule has 0 aliphatic carbocycles. The second-order valence-electron chi connectivity index (χ2n) is 4.80. The van der Waals surface area contributed by atoms with Gasteiger partial charge in [0.1, 0.15) is 5.75 Å². The maximum Gasteiger partial charge on any atom is 0.128 e. The molecule has 0 unspecified atom stereocenters. The highest BCUT2D eigenvalue weighted by Crippen LogP contribution is 2.29. The van der Waals surface area contributed by atoms with Crippen molar-refractivity contribution in [3.05, 3.63) is 47.7 Å². The molecule has 106 valence electrons. The van der Waals surface area contributed by atoms with E-state index in [2.05, 4.69) is 11.9 Å². The third kappa shape index (κ3) is 3.36. The second kappa shape index (κ2) is 7.06. The molecule has 0 bridgehead atoms. The fraction of sp³-hybridized carbons (Fsp3) is 0.353. The summed E-state index contributed by atoms with van der Waals surface area (Å²) in [5, 5.41) is 9.21. The number of unbranched alkanes of at least 4 members (excludes halogenated alkanes) is 1. The number of aliphatic hydroxyl groups is 1. The molecule has 3 nitrogen and oxygen atoms in total. The van der Waals surface area contributed by atoms with Gasteiger partial charge in [0.05, 0.1) is 18.9 Å². The van der Waals surface area contributed by atoms with Gasteiger partial charge in [-0.25, -0.2) is 0 Å². The van der Waals surface area contributed by atoms with Crippen LogP contribution in [0.2, 0.25) is 0 Å². The monoisotopic (exact) mass is 271 g/mol. The van der Waals surface area contributed by atoms with Gasteiger partial charge in [-0.2, -0.15) is 0 Å². The first-order chi connectivity index (χ1) is 9.76. The number of rotatable bonds is 6. The summed E-state index contributed by atoms with van der Waals surface area (Å²) >= 11 is 0. The zero-order valence-electron chi connectivity index (χ0n) is 12.1. The molecular formula is C17H21NO2. The number of hydrogen-bond acceptors (Lipinski definition) is 3. The molecule has 0 fully saturated rings. The maximum absolute atomic E-state index is 9.21. The molecule has 1 heterocycles. The van der Waals surface area contributed by atoms with Gasteiger partial charge in [0.15, 0.2) is 0 Å². The molecule has 0 aliphatic heterocycles. The third-order valence-electron chi connectivity index (χ3n) is 3.28. The van der Waals surface area contributed by atoms with E-state index in [0.717, 1.165) is 47.7 Å². The zero-order chi connectivity index (χ0) is 14.4. The van der Waals surface area contributed by atoms with Crippen LogP contribution in [0.3, 0.4) is 0 Å². The van der Waals surface area contributed by atoms with Crippen LogP contribution in [0.5, 0.6) is 5.75 Å². The predicted molar refractivity (Wildman–Crippen MR) is 80.7 cm³/mol. The molecule has 0 saturated heterocycles. The lowest BCUT2D eigenvalue weighted by atomic mass is 10.1. The van der Waals surface area contributed by atoms with Crippen molar-refractivity contribution in [2.45, 2.75) is 33.3 Å². The SMILES string of the molecule is CCCCOc1ccccc1-c1ccc(CO)c(C)n1. The first kappa shape index (κ1) is 14.5. The van der Waals surface area contributed by atoms with Crippen molar-refractivity contribution >= 4 is 0 Å². The number of pyridine rings is 1. The first-order valence-corrected chi connectivity index (χ1v) is 7.05. The standard InChI is InChI=1S/C17H21NO2/c1-3-4-11-20-17-8-6-5-7-15(17)16-10-9-14(12-19)13(2)18-16/h5-10,19H,3-4,11-12H2,1-2H3. The number of hydrogen-bond donors (Lipinski definition) is 1. The van der Waals surface area contributed by atoms with Gasteiger partial charge in [0.2, 0.25) is 0 Å². The minimum Gasteiger partial charge on any atom is -0.493 e. The van der Waals surface area contributed by atoms with Crippen LogP contribution < -0.4 is 4.74 Å². The number of nitrogens with zero attached hydrogens (tertiary/aromatic N) is 1. The molecule has 1 aromatic carbocycles. The molecule has 0 radical (unpaired) electrons. The number of aliphatic hydroxyl groups excluding tert-OH is 1. The topological polar surface area (TPSA) is 42.4 Å². The Balaban J connectivity index is 2.29. The molecule has 2 rings (SSSR count). The average molecular weight is 271 g/mol. The van der Waals surface area contributed by atoms with Crippen LogP contribution >= 0.6 is 0 Å². The van der Waals surface area contributed by atoms with Gasteiger partial charge in [0, 0.05) is 11.3 Å². The largest absolute Gasteiger partial charge is 0.493 e. The summed E-state index contributed by atoms with van der Waals surface area (Å²) in [5.74, 6) is 0.865. The number of para-hydroxylation sites is 1. The van der Waals surface area contributed by atoms with E-state index in [-0.39, 0.29) is 6.61 Å². The summed E-state index contributed by atoms with van der Waals surface area (Å²) in [6.07, 6.45) is 2.16. The molecule has 3 heteroatoms. The van der Waals surface area contributed by atoms with Crippen molar-refractivity contribution in [2.75, 3.05) is 6.61 Å². The van der Waals surface area contributed by atoms with Gasteiger partial charge in [-0.05, 0) is 37.1 Å². The van der Waals surface area contributed by atoms with Crippen molar-refractivity contribution in [3.8, 4) is 17.0 Å². The quantitative estimate of drug-likeness (QED) is 0.814. The Bertz CT molecular complexity index is 567. The molecule has 20 heavy (non-hydrogen) atoms. The fourth-order valence-corrected chi connectivity index (χ4v) is 2.04. The Morgan fingerprint density at radius 3 is 2.65 bits per heavy atom. The highest BCUT2D eigenvalue weighted by Gasteiger charge is 2.08. The summed E-state index contributed by atoms with van der Waals surface area (Å²) < 4.78 is 5.84. The first-order valence-electron chi connectivity index (χ1n) is 7.05. The highest BCUT2D eigenvalue weighted by atomic mass is 16.5. The zero-order valence-corrected chi connectivity index (χ0v) is 12.1. The summed E-state index contributed by atoms with van der Waals surface area (Å²) in [4.78, 5) is 4.56. The van der Waals surface area contributed by atoms with E-state index in [1.165, 1.54) is 0 Å². The van der Waals surface area contributed by atoms with Gasteiger partial charge in [0.25, 0.3) is 0 Å². The van der Waals surface area contributed by atoms with E-state index in [1.807, 2.05) is 43.3 Å². The van der Waals surface area contributed by atoms with Gasteiger partial charge in [-0.15, -0.1) is 0 Å². The van der Waals surface area contributed by atoms with E-state index >= 15 is 0 Å². The smallest absolute Gasteiger partial charge is 0.128 e. The fourth-order valence-electron chi connectivity index (χ4n) is 2.04. The normalized spacial score (nSPS) is 10.6. The van der Waals surface area contributed by atoms with E-state index in [0.29, 0.717) is 0 Å². The molecule has 0 spiro atoms. The summed E-state index contributed by atoms with van der Waals surface area (Å²) in [7, 11) is 0. The Hall–Kier alpha value is -1.87. The molecule has 0 aliphatic rings. The Labute approximate surface area is 120 Å². The molecular weight excluding hydrogens is 250 g/mol. The van der Waals surface area contributed by atoms with E-state index in [9.17, 15) is 5.11 Å². The lowest BCUT2D eigenvalue weighted by Crippen LogP contribution is -2.00. The maximum atomic E-state index is 9.21. The van der Waals surface area contributed by atoms with E-state index in [4.69, 9.17) is 4.74 Å². The predicted octanol–water partition coefficient (Wildman–Crippen LogP) is 3.73. The molecule has 2 aromatic rings. The minimum atomic E-state index is 0.0216. The highest BCUT2D eigenvalue weighted by molar-refractivity contribution is 5.67. The van der Waals surface area contributed by atoms with Gasteiger partial charge in [-0.3, -0.25) is 4.98 Å². The third-order valence-corrected chi connectivity index (χ3v) is 3.28. The van der Waals surface area contributed by atoms with Crippen molar-refractivity contribution in [1.82, 2.24) is 4.98 Å². The van der Waals surface area contributed by atoms with Crippen LogP contribution in [-0.4, -0.2) is 16.7 Å². The van der Waals surface area contributed by atoms with Crippen molar-refractivity contribution in [1.29, 1.82) is 0 Å². The van der Waals surface area contributed by atoms with E-state index < -0.39 is 0 Å². The van der Waals surface area contributed by atoms with Gasteiger partial charge in [-0.1, -0.05) is 31.5 Å². The van der Waals surface area contributed by atoms with E-state index in [1.54, 1.807) is 0 Å². The molecule has 1 aromatic heterocycles. The minimum absolute atomic E-state index is 0.0216. The molecule has 0 amide bonds.